The Labute approximate surface area is 88.9 Å². The minimum absolute atomic E-state index is 0.406. The van der Waals surface area contributed by atoms with Gasteiger partial charge in [0.25, 0.3) is 0 Å². The van der Waals surface area contributed by atoms with Crippen LogP contribution in [0.5, 0.6) is 0 Å². The van der Waals surface area contributed by atoms with Gasteiger partial charge in [0.15, 0.2) is 5.89 Å². The van der Waals surface area contributed by atoms with Crippen LogP contribution >= 0.6 is 0 Å². The summed E-state index contributed by atoms with van der Waals surface area (Å²) in [6.45, 7) is 2.25. The second kappa shape index (κ2) is 4.28. The third-order valence-electron chi connectivity index (χ3n) is 2.28. The quantitative estimate of drug-likeness (QED) is 0.828. The molecule has 3 heteroatoms. The Hall–Kier alpha value is -1.61. The summed E-state index contributed by atoms with van der Waals surface area (Å²) in [4.78, 5) is 4.33. The predicted molar refractivity (Wildman–Crippen MR) is 58.4 cm³/mol. The minimum atomic E-state index is 0.406. The smallest absolute Gasteiger partial charge is 0.191 e. The summed E-state index contributed by atoms with van der Waals surface area (Å²) in [5, 5.41) is 0. The van der Waals surface area contributed by atoms with Crippen molar-refractivity contribution in [3.63, 3.8) is 0 Å². The van der Waals surface area contributed by atoms with Crippen LogP contribution in [0.1, 0.15) is 22.9 Å². The Morgan fingerprint density at radius 3 is 2.67 bits per heavy atom. The summed E-state index contributed by atoms with van der Waals surface area (Å²) < 4.78 is 5.40. The molecule has 2 aromatic rings. The monoisotopic (exact) mass is 202 g/mol. The molecule has 0 amide bonds. The first-order valence-corrected chi connectivity index (χ1v) is 4.99. The van der Waals surface area contributed by atoms with Crippen LogP contribution in [0, 0.1) is 6.92 Å². The zero-order chi connectivity index (χ0) is 10.7. The molecule has 0 unspecified atom stereocenters. The van der Waals surface area contributed by atoms with Crippen molar-refractivity contribution in [2.45, 2.75) is 19.9 Å². The SMILES string of the molecule is Cc1nc(Cc2ccccc2)c(CN)o1. The standard InChI is InChI=1S/C12H14N2O/c1-9-14-11(12(8-13)15-9)7-10-5-3-2-4-6-10/h2-6H,7-8,13H2,1H3. The summed E-state index contributed by atoms with van der Waals surface area (Å²) >= 11 is 0. The summed E-state index contributed by atoms with van der Waals surface area (Å²) in [5.41, 5.74) is 7.75. The number of aromatic nitrogens is 1. The van der Waals surface area contributed by atoms with Gasteiger partial charge in [-0.3, -0.25) is 0 Å². The Morgan fingerprint density at radius 1 is 1.27 bits per heavy atom. The Bertz CT molecular complexity index is 434. The van der Waals surface area contributed by atoms with Gasteiger partial charge in [0, 0.05) is 13.3 Å². The molecule has 0 aliphatic heterocycles. The summed E-state index contributed by atoms with van der Waals surface area (Å²) in [6, 6.07) is 10.2. The molecule has 0 fully saturated rings. The molecule has 2 rings (SSSR count). The van der Waals surface area contributed by atoms with Gasteiger partial charge in [-0.25, -0.2) is 4.98 Å². The largest absolute Gasteiger partial charge is 0.444 e. The lowest BCUT2D eigenvalue weighted by atomic mass is 10.1. The number of hydrogen-bond acceptors (Lipinski definition) is 3. The summed E-state index contributed by atoms with van der Waals surface area (Å²) in [5.74, 6) is 1.47. The highest BCUT2D eigenvalue weighted by Crippen LogP contribution is 2.14. The maximum atomic E-state index is 5.58. The summed E-state index contributed by atoms with van der Waals surface area (Å²) in [6.07, 6.45) is 0.782. The molecule has 15 heavy (non-hydrogen) atoms. The van der Waals surface area contributed by atoms with Crippen LogP contribution in [0.4, 0.5) is 0 Å². The molecule has 0 bridgehead atoms. The van der Waals surface area contributed by atoms with E-state index < -0.39 is 0 Å². The van der Waals surface area contributed by atoms with E-state index in [2.05, 4.69) is 17.1 Å². The second-order valence-electron chi connectivity index (χ2n) is 3.47. The normalized spacial score (nSPS) is 10.5. The highest BCUT2D eigenvalue weighted by molar-refractivity contribution is 5.23. The first kappa shape index (κ1) is 9.93. The summed E-state index contributed by atoms with van der Waals surface area (Å²) in [7, 11) is 0. The molecule has 78 valence electrons. The zero-order valence-electron chi connectivity index (χ0n) is 8.73. The van der Waals surface area contributed by atoms with Gasteiger partial charge in [-0.05, 0) is 5.56 Å². The molecule has 0 aliphatic rings. The van der Waals surface area contributed by atoms with E-state index in [1.165, 1.54) is 5.56 Å². The number of oxazole rings is 1. The molecule has 1 aromatic carbocycles. The van der Waals surface area contributed by atoms with Gasteiger partial charge >= 0.3 is 0 Å². The fourth-order valence-electron chi connectivity index (χ4n) is 1.60. The van der Waals surface area contributed by atoms with Crippen molar-refractivity contribution in [3.8, 4) is 0 Å². The van der Waals surface area contributed by atoms with E-state index >= 15 is 0 Å². The van der Waals surface area contributed by atoms with Crippen molar-refractivity contribution in [1.29, 1.82) is 0 Å². The Kier molecular flexibility index (Phi) is 2.83. The molecule has 0 saturated heterocycles. The number of aryl methyl sites for hydroxylation is 1. The van der Waals surface area contributed by atoms with Crippen molar-refractivity contribution in [3.05, 3.63) is 53.2 Å². The molecule has 0 atom stereocenters. The van der Waals surface area contributed by atoms with E-state index in [0.29, 0.717) is 12.4 Å². The van der Waals surface area contributed by atoms with E-state index in [0.717, 1.165) is 17.9 Å². The lowest BCUT2D eigenvalue weighted by Gasteiger charge is -1.98. The van der Waals surface area contributed by atoms with E-state index in [-0.39, 0.29) is 0 Å². The van der Waals surface area contributed by atoms with Gasteiger partial charge in [0.05, 0.1) is 12.2 Å². The third-order valence-corrected chi connectivity index (χ3v) is 2.28. The van der Waals surface area contributed by atoms with Gasteiger partial charge < -0.3 is 10.2 Å². The average molecular weight is 202 g/mol. The zero-order valence-corrected chi connectivity index (χ0v) is 8.73. The molecule has 1 heterocycles. The maximum Gasteiger partial charge on any atom is 0.191 e. The predicted octanol–water partition coefficient (Wildman–Crippen LogP) is 2.03. The number of hydrogen-bond donors (Lipinski definition) is 1. The fourth-order valence-corrected chi connectivity index (χ4v) is 1.60. The number of benzene rings is 1. The molecule has 2 N–H and O–H groups in total. The van der Waals surface area contributed by atoms with Gasteiger partial charge in [-0.15, -0.1) is 0 Å². The van der Waals surface area contributed by atoms with Gasteiger partial charge in [0.1, 0.15) is 5.76 Å². The first-order valence-electron chi connectivity index (χ1n) is 4.99. The van der Waals surface area contributed by atoms with Crippen LogP contribution in [0.2, 0.25) is 0 Å². The van der Waals surface area contributed by atoms with E-state index in [9.17, 15) is 0 Å². The van der Waals surface area contributed by atoms with Crippen molar-refractivity contribution >= 4 is 0 Å². The highest BCUT2D eigenvalue weighted by atomic mass is 16.4. The van der Waals surface area contributed by atoms with Crippen LogP contribution in [-0.4, -0.2) is 4.98 Å². The average Bonchev–Trinajstić information content (AvgIpc) is 2.60. The number of rotatable bonds is 3. The van der Waals surface area contributed by atoms with Gasteiger partial charge in [-0.1, -0.05) is 30.3 Å². The van der Waals surface area contributed by atoms with Crippen molar-refractivity contribution < 1.29 is 4.42 Å². The van der Waals surface area contributed by atoms with Crippen LogP contribution < -0.4 is 5.73 Å². The number of nitrogens with two attached hydrogens (primary N) is 1. The van der Waals surface area contributed by atoms with Crippen molar-refractivity contribution in [2.75, 3.05) is 0 Å². The molecule has 3 nitrogen and oxygen atoms in total. The molecular weight excluding hydrogens is 188 g/mol. The molecule has 0 radical (unpaired) electrons. The van der Waals surface area contributed by atoms with Crippen LogP contribution in [0.3, 0.4) is 0 Å². The lowest BCUT2D eigenvalue weighted by molar-refractivity contribution is 0.475. The van der Waals surface area contributed by atoms with Crippen LogP contribution in [-0.2, 0) is 13.0 Å². The first-order chi connectivity index (χ1) is 7.29. The van der Waals surface area contributed by atoms with E-state index in [1.807, 2.05) is 25.1 Å². The van der Waals surface area contributed by atoms with Crippen molar-refractivity contribution in [1.82, 2.24) is 4.98 Å². The maximum absolute atomic E-state index is 5.58. The highest BCUT2D eigenvalue weighted by Gasteiger charge is 2.09. The van der Waals surface area contributed by atoms with Gasteiger partial charge in [0.2, 0.25) is 0 Å². The van der Waals surface area contributed by atoms with E-state index in [4.69, 9.17) is 10.2 Å². The minimum Gasteiger partial charge on any atom is -0.444 e. The molecular formula is C12H14N2O. The van der Waals surface area contributed by atoms with Gasteiger partial charge in [-0.2, -0.15) is 0 Å². The molecule has 0 saturated carbocycles. The topological polar surface area (TPSA) is 52.0 Å². The van der Waals surface area contributed by atoms with Crippen LogP contribution in [0.25, 0.3) is 0 Å². The number of nitrogens with zero attached hydrogens (tertiary/aromatic N) is 1. The van der Waals surface area contributed by atoms with E-state index in [1.54, 1.807) is 0 Å². The molecule has 0 aliphatic carbocycles. The molecule has 1 aromatic heterocycles. The fraction of sp³-hybridized carbons (Fsp3) is 0.250. The second-order valence-corrected chi connectivity index (χ2v) is 3.47. The lowest BCUT2D eigenvalue weighted by Crippen LogP contribution is -2.00. The molecule has 0 spiro atoms. The Morgan fingerprint density at radius 2 is 2.00 bits per heavy atom. The van der Waals surface area contributed by atoms with Crippen LogP contribution in [0.15, 0.2) is 34.7 Å². The Balaban J connectivity index is 2.24. The third kappa shape index (κ3) is 2.25. The van der Waals surface area contributed by atoms with Crippen molar-refractivity contribution in [2.24, 2.45) is 5.73 Å².